The number of hydrogen-bond donors (Lipinski definition) is 1. The van der Waals surface area contributed by atoms with Crippen LogP contribution < -0.4 is 5.73 Å². The molecule has 2 nitrogen and oxygen atoms in total. The van der Waals surface area contributed by atoms with Gasteiger partial charge in [-0.2, -0.15) is 0 Å². The summed E-state index contributed by atoms with van der Waals surface area (Å²) in [5, 5.41) is 0. The Hall–Kier alpha value is -0.390. The highest BCUT2D eigenvalue weighted by Gasteiger charge is 2.07. The lowest BCUT2D eigenvalue weighted by Gasteiger charge is -2.17. The second kappa shape index (κ2) is 6.86. The first kappa shape index (κ1) is 15.0. The third-order valence-electron chi connectivity index (χ3n) is 2.85. The molecular formula is C14H16BrClN2S. The monoisotopic (exact) mass is 358 g/mol. The molecule has 0 radical (unpaired) electrons. The maximum atomic E-state index is 5.94. The SMILES string of the molecule is CN(Cc1ccc(Cl)s1)Cc1ccc(CN)cc1Br. The third kappa shape index (κ3) is 4.29. The second-order valence-corrected chi connectivity index (χ2v) is 7.16. The Morgan fingerprint density at radius 2 is 2.05 bits per heavy atom. The maximum absolute atomic E-state index is 5.94. The van der Waals surface area contributed by atoms with E-state index < -0.39 is 0 Å². The fourth-order valence-electron chi connectivity index (χ4n) is 1.90. The number of nitrogens with two attached hydrogens (primary N) is 1. The molecule has 2 aromatic rings. The van der Waals surface area contributed by atoms with Crippen molar-refractivity contribution in [1.82, 2.24) is 4.90 Å². The highest BCUT2D eigenvalue weighted by atomic mass is 79.9. The zero-order valence-electron chi connectivity index (χ0n) is 10.7. The molecule has 0 atom stereocenters. The Morgan fingerprint density at radius 3 is 2.63 bits per heavy atom. The van der Waals surface area contributed by atoms with Gasteiger partial charge < -0.3 is 5.73 Å². The largest absolute Gasteiger partial charge is 0.326 e. The van der Waals surface area contributed by atoms with E-state index >= 15 is 0 Å². The molecule has 0 fully saturated rings. The van der Waals surface area contributed by atoms with Gasteiger partial charge in [-0.05, 0) is 36.4 Å². The van der Waals surface area contributed by atoms with E-state index in [2.05, 4.69) is 52.1 Å². The van der Waals surface area contributed by atoms with Crippen LogP contribution in [0.25, 0.3) is 0 Å². The number of halogens is 2. The smallest absolute Gasteiger partial charge is 0.0931 e. The highest BCUT2D eigenvalue weighted by Crippen LogP contribution is 2.24. The van der Waals surface area contributed by atoms with Crippen molar-refractivity contribution < 1.29 is 0 Å². The summed E-state index contributed by atoms with van der Waals surface area (Å²) in [6.07, 6.45) is 0. The van der Waals surface area contributed by atoms with E-state index in [4.69, 9.17) is 17.3 Å². The normalized spacial score (nSPS) is 11.2. The number of nitrogens with zero attached hydrogens (tertiary/aromatic N) is 1. The summed E-state index contributed by atoms with van der Waals surface area (Å²) in [6, 6.07) is 10.3. The molecular weight excluding hydrogens is 344 g/mol. The lowest BCUT2D eigenvalue weighted by Crippen LogP contribution is -2.17. The van der Waals surface area contributed by atoms with Crippen LogP contribution in [-0.2, 0) is 19.6 Å². The van der Waals surface area contributed by atoms with Gasteiger partial charge in [0.25, 0.3) is 0 Å². The summed E-state index contributed by atoms with van der Waals surface area (Å²) >= 11 is 11.2. The van der Waals surface area contributed by atoms with E-state index in [1.54, 1.807) is 11.3 Å². The van der Waals surface area contributed by atoms with Crippen molar-refractivity contribution in [2.45, 2.75) is 19.6 Å². The van der Waals surface area contributed by atoms with Crippen LogP contribution in [0.4, 0.5) is 0 Å². The zero-order chi connectivity index (χ0) is 13.8. The molecule has 0 aliphatic carbocycles. The first-order chi connectivity index (χ1) is 9.08. The number of thiophene rings is 1. The summed E-state index contributed by atoms with van der Waals surface area (Å²) in [5.41, 5.74) is 8.04. The quantitative estimate of drug-likeness (QED) is 0.864. The fraction of sp³-hybridized carbons (Fsp3) is 0.286. The average Bonchev–Trinajstić information content (AvgIpc) is 2.77. The van der Waals surface area contributed by atoms with Gasteiger partial charge in [0.05, 0.1) is 4.34 Å². The molecule has 2 N–H and O–H groups in total. The molecule has 0 amide bonds. The van der Waals surface area contributed by atoms with Gasteiger partial charge in [0.2, 0.25) is 0 Å². The van der Waals surface area contributed by atoms with E-state index in [1.165, 1.54) is 10.4 Å². The summed E-state index contributed by atoms with van der Waals surface area (Å²) in [7, 11) is 2.11. The van der Waals surface area contributed by atoms with Gasteiger partial charge in [0.15, 0.2) is 0 Å². The molecule has 0 spiro atoms. The van der Waals surface area contributed by atoms with Crippen LogP contribution in [-0.4, -0.2) is 11.9 Å². The minimum absolute atomic E-state index is 0.572. The van der Waals surface area contributed by atoms with Crippen molar-refractivity contribution in [3.8, 4) is 0 Å². The van der Waals surface area contributed by atoms with E-state index in [0.29, 0.717) is 6.54 Å². The molecule has 19 heavy (non-hydrogen) atoms. The van der Waals surface area contributed by atoms with Crippen LogP contribution in [0.15, 0.2) is 34.8 Å². The van der Waals surface area contributed by atoms with Crippen LogP contribution in [0.5, 0.6) is 0 Å². The molecule has 0 bridgehead atoms. The Labute approximate surface area is 131 Å². The summed E-state index contributed by atoms with van der Waals surface area (Å²) < 4.78 is 1.96. The van der Waals surface area contributed by atoms with Crippen LogP contribution in [0.3, 0.4) is 0 Å². The summed E-state index contributed by atoms with van der Waals surface area (Å²) in [4.78, 5) is 3.55. The Balaban J connectivity index is 2.00. The van der Waals surface area contributed by atoms with Crippen LogP contribution in [0.2, 0.25) is 4.34 Å². The van der Waals surface area contributed by atoms with Gasteiger partial charge in [-0.3, -0.25) is 4.90 Å². The summed E-state index contributed by atoms with van der Waals surface area (Å²) in [6.45, 7) is 2.37. The molecule has 5 heteroatoms. The number of benzene rings is 1. The van der Waals surface area contributed by atoms with Crippen LogP contribution in [0.1, 0.15) is 16.0 Å². The van der Waals surface area contributed by atoms with E-state index in [9.17, 15) is 0 Å². The molecule has 0 aliphatic rings. The minimum atomic E-state index is 0.572. The molecule has 102 valence electrons. The van der Waals surface area contributed by atoms with Gasteiger partial charge in [-0.25, -0.2) is 0 Å². The number of rotatable bonds is 5. The van der Waals surface area contributed by atoms with Gasteiger partial charge in [0.1, 0.15) is 0 Å². The third-order valence-corrected chi connectivity index (χ3v) is 4.80. The van der Waals surface area contributed by atoms with Crippen molar-refractivity contribution in [3.05, 3.63) is 55.1 Å². The average molecular weight is 360 g/mol. The van der Waals surface area contributed by atoms with Crippen molar-refractivity contribution in [2.24, 2.45) is 5.73 Å². The lowest BCUT2D eigenvalue weighted by atomic mass is 10.1. The predicted molar refractivity (Wildman–Crippen MR) is 86.5 cm³/mol. The van der Waals surface area contributed by atoms with Crippen molar-refractivity contribution in [3.63, 3.8) is 0 Å². The first-order valence-electron chi connectivity index (χ1n) is 5.98. The Bertz CT molecular complexity index is 556. The van der Waals surface area contributed by atoms with E-state index in [-0.39, 0.29) is 0 Å². The second-order valence-electron chi connectivity index (χ2n) is 4.51. The highest BCUT2D eigenvalue weighted by molar-refractivity contribution is 9.10. The summed E-state index contributed by atoms with van der Waals surface area (Å²) in [5.74, 6) is 0. The first-order valence-corrected chi connectivity index (χ1v) is 7.97. The molecule has 0 saturated heterocycles. The lowest BCUT2D eigenvalue weighted by molar-refractivity contribution is 0.321. The predicted octanol–water partition coefficient (Wildman–Crippen LogP) is 4.25. The standard InChI is InChI=1S/C14H16BrClN2S/c1-18(9-12-4-5-14(16)19-12)8-11-3-2-10(7-17)6-13(11)15/h2-6H,7-9,17H2,1H3. The Morgan fingerprint density at radius 1 is 1.26 bits per heavy atom. The van der Waals surface area contributed by atoms with Crippen molar-refractivity contribution in [2.75, 3.05) is 7.05 Å². The van der Waals surface area contributed by atoms with Crippen molar-refractivity contribution >= 4 is 38.9 Å². The molecule has 0 aliphatic heterocycles. The van der Waals surface area contributed by atoms with Crippen molar-refractivity contribution in [1.29, 1.82) is 0 Å². The van der Waals surface area contributed by atoms with Crippen LogP contribution >= 0.6 is 38.9 Å². The van der Waals surface area contributed by atoms with E-state index in [0.717, 1.165) is 27.5 Å². The molecule has 0 unspecified atom stereocenters. The molecule has 2 rings (SSSR count). The maximum Gasteiger partial charge on any atom is 0.0931 e. The molecule has 0 saturated carbocycles. The fourth-order valence-corrected chi connectivity index (χ4v) is 3.61. The van der Waals surface area contributed by atoms with Crippen LogP contribution in [0, 0.1) is 0 Å². The zero-order valence-corrected chi connectivity index (χ0v) is 13.9. The van der Waals surface area contributed by atoms with Gasteiger partial charge in [-0.1, -0.05) is 39.7 Å². The van der Waals surface area contributed by atoms with Gasteiger partial charge >= 0.3 is 0 Å². The Kier molecular flexibility index (Phi) is 5.42. The molecule has 1 heterocycles. The van der Waals surface area contributed by atoms with Gasteiger partial charge in [0, 0.05) is 29.0 Å². The van der Waals surface area contributed by atoms with Gasteiger partial charge in [-0.15, -0.1) is 11.3 Å². The molecule has 1 aromatic carbocycles. The molecule has 1 aromatic heterocycles. The number of hydrogen-bond acceptors (Lipinski definition) is 3. The van der Waals surface area contributed by atoms with E-state index in [1.807, 2.05) is 6.07 Å². The topological polar surface area (TPSA) is 29.3 Å². The minimum Gasteiger partial charge on any atom is -0.326 e.